The van der Waals surface area contributed by atoms with Gasteiger partial charge in [0.05, 0.1) is 0 Å². The molecule has 1 aromatic carbocycles. The lowest BCUT2D eigenvalue weighted by Crippen LogP contribution is -2.56. The molecule has 4 rings (SSSR count). The number of phenols is 2. The lowest BCUT2D eigenvalue weighted by molar-refractivity contribution is -0.151. The van der Waals surface area contributed by atoms with E-state index in [0.29, 0.717) is 17.9 Å². The van der Waals surface area contributed by atoms with E-state index in [1.807, 2.05) is 0 Å². The zero-order valence-electron chi connectivity index (χ0n) is 14.4. The largest absolute Gasteiger partial charge is 0.508 e. The van der Waals surface area contributed by atoms with Gasteiger partial charge in [0.1, 0.15) is 17.3 Å². The van der Waals surface area contributed by atoms with Gasteiger partial charge >= 0.3 is 0 Å². The molecule has 3 atom stereocenters. The molecule has 0 aliphatic heterocycles. The van der Waals surface area contributed by atoms with Crippen LogP contribution in [0.15, 0.2) is 12.1 Å². The van der Waals surface area contributed by atoms with Crippen molar-refractivity contribution in [3.05, 3.63) is 23.3 Å². The van der Waals surface area contributed by atoms with E-state index in [-0.39, 0.29) is 34.5 Å². The molecular weight excluding hydrogens is 288 g/mol. The number of aromatic hydroxyl groups is 2. The molecule has 0 aromatic heterocycles. The molecule has 126 valence electrons. The van der Waals surface area contributed by atoms with Crippen LogP contribution in [0, 0.1) is 17.3 Å². The fraction of sp³-hybridized carbons (Fsp3) is 0.650. The van der Waals surface area contributed by atoms with Gasteiger partial charge in [-0.1, -0.05) is 33.6 Å². The number of carbonyl (C=O) groups is 1. The molecule has 3 heteroatoms. The molecule has 0 heterocycles. The first-order valence-corrected chi connectivity index (χ1v) is 8.93. The van der Waals surface area contributed by atoms with E-state index in [4.69, 9.17) is 0 Å². The van der Waals surface area contributed by atoms with Crippen LogP contribution in [0.25, 0.3) is 0 Å². The first kappa shape index (κ1) is 16.4. The highest BCUT2D eigenvalue weighted by Crippen LogP contribution is 2.64. The fourth-order valence-corrected chi connectivity index (χ4v) is 4.78. The van der Waals surface area contributed by atoms with E-state index >= 15 is 0 Å². The molecule has 23 heavy (non-hydrogen) atoms. The second-order valence-electron chi connectivity index (χ2n) is 8.00. The number of unbranched alkanes of at least 4 members (excludes halogenated alkanes) is 2. The summed E-state index contributed by atoms with van der Waals surface area (Å²) >= 11 is 0. The smallest absolute Gasteiger partial charge is 0.137 e. The monoisotopic (exact) mass is 316 g/mol. The molecule has 3 unspecified atom stereocenters. The zero-order valence-corrected chi connectivity index (χ0v) is 14.4. The number of aryl methyl sites for hydroxylation is 1. The third kappa shape index (κ3) is 2.64. The summed E-state index contributed by atoms with van der Waals surface area (Å²) < 4.78 is 0. The minimum atomic E-state index is -0.0489. The molecule has 3 aliphatic carbocycles. The maximum absolute atomic E-state index is 12.3. The van der Waals surface area contributed by atoms with Crippen LogP contribution in [0.3, 0.4) is 0 Å². The third-order valence-corrected chi connectivity index (χ3v) is 6.27. The van der Waals surface area contributed by atoms with Crippen LogP contribution < -0.4 is 0 Å². The van der Waals surface area contributed by atoms with Gasteiger partial charge in [-0.05, 0) is 48.3 Å². The topological polar surface area (TPSA) is 57.5 Å². The Bertz CT molecular complexity index is 594. The number of benzene rings is 1. The molecule has 3 aliphatic rings. The second-order valence-corrected chi connectivity index (χ2v) is 8.00. The zero-order chi connectivity index (χ0) is 16.8. The standard InChI is InChI=1S/C20H28O3/c1-4-5-6-7-12-8-17(22)19(18(23)9-12)13-10-16(21)15-11-14(13)20(15,2)3/h8-9,13-15,22-23H,4-7,10-11H2,1-3H3. The van der Waals surface area contributed by atoms with Crippen molar-refractivity contribution in [1.29, 1.82) is 0 Å². The molecule has 3 nitrogen and oxygen atoms in total. The van der Waals surface area contributed by atoms with Crippen LogP contribution in [0.1, 0.15) is 69.9 Å². The molecule has 2 bridgehead atoms. The minimum absolute atomic E-state index is 0.0152. The highest BCUT2D eigenvalue weighted by Gasteiger charge is 2.59. The summed E-state index contributed by atoms with van der Waals surface area (Å²) in [6.45, 7) is 6.44. The van der Waals surface area contributed by atoms with Gasteiger partial charge in [-0.15, -0.1) is 0 Å². The van der Waals surface area contributed by atoms with Crippen molar-refractivity contribution >= 4 is 5.78 Å². The molecular formula is C20H28O3. The van der Waals surface area contributed by atoms with E-state index < -0.39 is 0 Å². The Morgan fingerprint density at radius 3 is 2.35 bits per heavy atom. The maximum Gasteiger partial charge on any atom is 0.137 e. The molecule has 1 aromatic rings. The van der Waals surface area contributed by atoms with Gasteiger partial charge in [0.15, 0.2) is 0 Å². The van der Waals surface area contributed by atoms with Crippen molar-refractivity contribution in [3.63, 3.8) is 0 Å². The second kappa shape index (κ2) is 5.85. The quantitative estimate of drug-likeness (QED) is 0.784. The summed E-state index contributed by atoms with van der Waals surface area (Å²) in [6, 6.07) is 3.57. The fourth-order valence-electron chi connectivity index (χ4n) is 4.78. The molecule has 0 spiro atoms. The number of carbonyl (C=O) groups excluding carboxylic acids is 1. The summed E-state index contributed by atoms with van der Waals surface area (Å²) in [7, 11) is 0. The van der Waals surface area contributed by atoms with Crippen molar-refractivity contribution in [2.45, 2.75) is 65.2 Å². The number of Topliss-reactive ketones (excluding diaryl/α,β-unsaturated/α-hetero) is 1. The summed E-state index contributed by atoms with van der Waals surface area (Å²) in [5, 5.41) is 21.0. The molecule has 0 radical (unpaired) electrons. The van der Waals surface area contributed by atoms with E-state index in [1.165, 1.54) is 0 Å². The van der Waals surface area contributed by atoms with Crippen molar-refractivity contribution in [2.24, 2.45) is 17.3 Å². The van der Waals surface area contributed by atoms with E-state index in [9.17, 15) is 15.0 Å². The van der Waals surface area contributed by atoms with Crippen molar-refractivity contribution in [3.8, 4) is 11.5 Å². The summed E-state index contributed by atoms with van der Waals surface area (Å²) in [4.78, 5) is 12.3. The average Bonchev–Trinajstić information content (AvgIpc) is 2.45. The van der Waals surface area contributed by atoms with Crippen LogP contribution in [-0.2, 0) is 11.2 Å². The highest BCUT2D eigenvalue weighted by molar-refractivity contribution is 5.86. The summed E-state index contributed by atoms with van der Waals surface area (Å²) in [5.41, 5.74) is 1.55. The Morgan fingerprint density at radius 1 is 1.17 bits per heavy atom. The molecule has 3 saturated carbocycles. The number of ketones is 1. The summed E-state index contributed by atoms with van der Waals surface area (Å²) in [6.07, 6.45) is 5.59. The Hall–Kier alpha value is -1.51. The Morgan fingerprint density at radius 2 is 1.83 bits per heavy atom. The Balaban J connectivity index is 1.87. The highest BCUT2D eigenvalue weighted by atomic mass is 16.3. The van der Waals surface area contributed by atoms with Crippen molar-refractivity contribution < 1.29 is 15.0 Å². The van der Waals surface area contributed by atoms with E-state index in [1.54, 1.807) is 12.1 Å². The first-order chi connectivity index (χ1) is 10.9. The third-order valence-electron chi connectivity index (χ3n) is 6.27. The van der Waals surface area contributed by atoms with Crippen LogP contribution in [-0.4, -0.2) is 16.0 Å². The van der Waals surface area contributed by atoms with E-state index in [2.05, 4.69) is 20.8 Å². The summed E-state index contributed by atoms with van der Waals surface area (Å²) in [5.74, 6) is 1.10. The van der Waals surface area contributed by atoms with Gasteiger partial charge in [0, 0.05) is 23.8 Å². The minimum Gasteiger partial charge on any atom is -0.508 e. The predicted octanol–water partition coefficient (Wildman–Crippen LogP) is 4.55. The number of hydrogen-bond donors (Lipinski definition) is 2. The van der Waals surface area contributed by atoms with E-state index in [0.717, 1.165) is 37.7 Å². The Kier molecular flexibility index (Phi) is 4.16. The number of fused-ring (bicyclic) bond motifs is 2. The number of phenolic OH excluding ortho intramolecular Hbond substituents is 2. The number of rotatable bonds is 5. The van der Waals surface area contributed by atoms with Crippen LogP contribution in [0.4, 0.5) is 0 Å². The predicted molar refractivity (Wildman–Crippen MR) is 90.7 cm³/mol. The van der Waals surface area contributed by atoms with Crippen LogP contribution >= 0.6 is 0 Å². The van der Waals surface area contributed by atoms with Gasteiger partial charge in [0.25, 0.3) is 0 Å². The maximum atomic E-state index is 12.3. The lowest BCUT2D eigenvalue weighted by atomic mass is 9.44. The molecule has 3 fully saturated rings. The normalized spacial score (nSPS) is 28.5. The van der Waals surface area contributed by atoms with Gasteiger partial charge in [-0.3, -0.25) is 4.79 Å². The van der Waals surface area contributed by atoms with Gasteiger partial charge in [0.2, 0.25) is 0 Å². The average molecular weight is 316 g/mol. The van der Waals surface area contributed by atoms with Gasteiger partial charge < -0.3 is 10.2 Å². The van der Waals surface area contributed by atoms with Crippen molar-refractivity contribution in [1.82, 2.24) is 0 Å². The Labute approximate surface area is 138 Å². The van der Waals surface area contributed by atoms with Gasteiger partial charge in [-0.2, -0.15) is 0 Å². The first-order valence-electron chi connectivity index (χ1n) is 8.93. The molecule has 0 amide bonds. The van der Waals surface area contributed by atoms with Gasteiger partial charge in [-0.25, -0.2) is 0 Å². The number of hydrogen-bond acceptors (Lipinski definition) is 3. The SMILES string of the molecule is CCCCCc1cc(O)c(C2CC(=O)C3CC2C3(C)C)c(O)c1. The van der Waals surface area contributed by atoms with Crippen LogP contribution in [0.5, 0.6) is 11.5 Å². The molecule has 2 N–H and O–H groups in total. The molecule has 0 saturated heterocycles. The lowest BCUT2D eigenvalue weighted by Gasteiger charge is -2.59. The van der Waals surface area contributed by atoms with Crippen molar-refractivity contribution in [2.75, 3.05) is 0 Å². The van der Waals surface area contributed by atoms with Crippen LogP contribution in [0.2, 0.25) is 0 Å².